The average molecular weight is 335 g/mol. The molecule has 1 rings (SSSR count). The van der Waals surface area contributed by atoms with E-state index in [9.17, 15) is 9.59 Å². The van der Waals surface area contributed by atoms with E-state index in [1.54, 1.807) is 38.3 Å². The van der Waals surface area contributed by atoms with Gasteiger partial charge in [0, 0.05) is 18.7 Å². The van der Waals surface area contributed by atoms with Gasteiger partial charge in [0.25, 0.3) is 11.8 Å². The third-order valence-corrected chi connectivity index (χ3v) is 2.97. The summed E-state index contributed by atoms with van der Waals surface area (Å²) in [5.41, 5.74) is 7.42. The van der Waals surface area contributed by atoms with Crippen molar-refractivity contribution in [1.82, 2.24) is 10.8 Å². The van der Waals surface area contributed by atoms with Gasteiger partial charge in [-0.25, -0.2) is 5.48 Å². The Morgan fingerprint density at radius 2 is 1.88 bits per heavy atom. The molecule has 0 aliphatic carbocycles. The predicted molar refractivity (Wildman–Crippen MR) is 86.4 cm³/mol. The van der Waals surface area contributed by atoms with Crippen LogP contribution in [-0.4, -0.2) is 49.4 Å². The van der Waals surface area contributed by atoms with Gasteiger partial charge in [0.15, 0.2) is 0 Å². The zero-order valence-electron chi connectivity index (χ0n) is 13.5. The first-order valence-corrected chi connectivity index (χ1v) is 7.17. The van der Waals surface area contributed by atoms with Crippen molar-refractivity contribution in [3.8, 4) is 17.6 Å². The number of amides is 2. The van der Waals surface area contributed by atoms with E-state index in [1.165, 1.54) is 5.48 Å². The van der Waals surface area contributed by atoms with Crippen LogP contribution in [-0.2, 0) is 9.53 Å². The molecule has 8 heteroatoms. The molecule has 0 aromatic heterocycles. The minimum atomic E-state index is -1.05. The van der Waals surface area contributed by atoms with Crippen molar-refractivity contribution < 1.29 is 24.3 Å². The van der Waals surface area contributed by atoms with E-state index in [-0.39, 0.29) is 6.61 Å². The molecule has 0 radical (unpaired) electrons. The molecule has 0 fully saturated rings. The molecule has 1 aromatic rings. The van der Waals surface area contributed by atoms with Crippen LogP contribution in [0.3, 0.4) is 0 Å². The first-order chi connectivity index (χ1) is 11.5. The smallest absolute Gasteiger partial charge is 0.267 e. The van der Waals surface area contributed by atoms with E-state index >= 15 is 0 Å². The number of methoxy groups -OCH3 is 1. The molecule has 0 saturated carbocycles. The van der Waals surface area contributed by atoms with Crippen molar-refractivity contribution in [2.24, 2.45) is 5.73 Å². The molecule has 0 bridgehead atoms. The molecule has 130 valence electrons. The van der Waals surface area contributed by atoms with Crippen molar-refractivity contribution in [1.29, 1.82) is 0 Å². The molecule has 0 spiro atoms. The van der Waals surface area contributed by atoms with Gasteiger partial charge >= 0.3 is 0 Å². The maximum absolute atomic E-state index is 12.1. The van der Waals surface area contributed by atoms with Gasteiger partial charge in [-0.15, -0.1) is 0 Å². The van der Waals surface area contributed by atoms with Gasteiger partial charge in [-0.1, -0.05) is 11.8 Å². The molecule has 0 aliphatic heterocycles. The highest BCUT2D eigenvalue weighted by Gasteiger charge is 2.24. The lowest BCUT2D eigenvalue weighted by Crippen LogP contribution is -2.54. The van der Waals surface area contributed by atoms with E-state index in [4.69, 9.17) is 20.4 Å². The van der Waals surface area contributed by atoms with Gasteiger partial charge in [-0.2, -0.15) is 0 Å². The van der Waals surface area contributed by atoms with Gasteiger partial charge in [0.1, 0.15) is 25.0 Å². The zero-order valence-corrected chi connectivity index (χ0v) is 13.5. The molecule has 8 nitrogen and oxygen atoms in total. The topological polar surface area (TPSA) is 123 Å². The number of nitrogens with two attached hydrogens (primary N) is 1. The molecule has 0 unspecified atom stereocenters. The average Bonchev–Trinajstić information content (AvgIpc) is 2.58. The van der Waals surface area contributed by atoms with Crippen molar-refractivity contribution in [2.75, 3.05) is 20.3 Å². The molecule has 2 atom stereocenters. The van der Waals surface area contributed by atoms with Crippen LogP contribution in [0.25, 0.3) is 0 Å². The highest BCUT2D eigenvalue weighted by molar-refractivity contribution is 5.97. The van der Waals surface area contributed by atoms with Crippen LogP contribution in [0.1, 0.15) is 17.3 Å². The SMILES string of the molecule is COCC#CCOc1ccc(C(=O)N[C@H](C(=O)NO)[C@@H](C)N)cc1. The highest BCUT2D eigenvalue weighted by Crippen LogP contribution is 2.12. The Balaban J connectivity index is 2.63. The fraction of sp³-hybridized carbons (Fsp3) is 0.375. The fourth-order valence-corrected chi connectivity index (χ4v) is 1.73. The highest BCUT2D eigenvalue weighted by atomic mass is 16.5. The van der Waals surface area contributed by atoms with Crippen molar-refractivity contribution in [3.63, 3.8) is 0 Å². The van der Waals surface area contributed by atoms with Crippen LogP contribution in [0.4, 0.5) is 0 Å². The summed E-state index contributed by atoms with van der Waals surface area (Å²) in [7, 11) is 1.56. The molecule has 1 aromatic carbocycles. The number of hydrogen-bond donors (Lipinski definition) is 4. The maximum atomic E-state index is 12.1. The monoisotopic (exact) mass is 335 g/mol. The van der Waals surface area contributed by atoms with Crippen molar-refractivity contribution in [3.05, 3.63) is 29.8 Å². The Labute approximate surface area is 140 Å². The second-order valence-corrected chi connectivity index (χ2v) is 4.89. The van der Waals surface area contributed by atoms with Crippen LogP contribution >= 0.6 is 0 Å². The van der Waals surface area contributed by atoms with E-state index in [2.05, 4.69) is 17.2 Å². The molecule has 0 heterocycles. The lowest BCUT2D eigenvalue weighted by molar-refractivity contribution is -0.131. The standard InChI is InChI=1S/C16H21N3O5/c1-11(17)14(16(21)19-22)18-15(20)12-5-7-13(8-6-12)24-10-4-3-9-23-2/h5-8,11,14,22H,9-10,17H2,1-2H3,(H,18,20)(H,19,21)/t11-,14+/m1/s1. The quantitative estimate of drug-likeness (QED) is 0.307. The number of benzene rings is 1. The second-order valence-electron chi connectivity index (χ2n) is 4.89. The van der Waals surface area contributed by atoms with Gasteiger partial charge < -0.3 is 20.5 Å². The Hall–Kier alpha value is -2.60. The Kier molecular flexibility index (Phi) is 8.29. The lowest BCUT2D eigenvalue weighted by atomic mass is 10.1. The van der Waals surface area contributed by atoms with Crippen LogP contribution in [0.15, 0.2) is 24.3 Å². The number of carbonyl (C=O) groups is 2. The summed E-state index contributed by atoms with van der Waals surface area (Å²) in [4.78, 5) is 23.6. The summed E-state index contributed by atoms with van der Waals surface area (Å²) in [6.07, 6.45) is 0. The lowest BCUT2D eigenvalue weighted by Gasteiger charge is -2.20. The van der Waals surface area contributed by atoms with E-state index in [0.29, 0.717) is 17.9 Å². The minimum Gasteiger partial charge on any atom is -0.481 e. The molecule has 24 heavy (non-hydrogen) atoms. The fourth-order valence-electron chi connectivity index (χ4n) is 1.73. The Morgan fingerprint density at radius 1 is 1.25 bits per heavy atom. The number of carbonyl (C=O) groups excluding carboxylic acids is 2. The zero-order chi connectivity index (χ0) is 17.9. The number of ether oxygens (including phenoxy) is 2. The summed E-state index contributed by atoms with van der Waals surface area (Å²) in [6, 6.07) is 4.59. The molecular weight excluding hydrogens is 314 g/mol. The van der Waals surface area contributed by atoms with Crippen LogP contribution in [0.5, 0.6) is 5.75 Å². The molecule has 5 N–H and O–H groups in total. The Morgan fingerprint density at radius 3 is 2.42 bits per heavy atom. The van der Waals surface area contributed by atoms with Gasteiger partial charge in [0.05, 0.1) is 0 Å². The number of nitrogens with one attached hydrogen (secondary N) is 2. The third kappa shape index (κ3) is 6.26. The summed E-state index contributed by atoms with van der Waals surface area (Å²) < 4.78 is 10.2. The van der Waals surface area contributed by atoms with Gasteiger partial charge in [-0.3, -0.25) is 14.8 Å². The maximum Gasteiger partial charge on any atom is 0.267 e. The summed E-state index contributed by atoms with van der Waals surface area (Å²) >= 11 is 0. The molecular formula is C16H21N3O5. The predicted octanol–water partition coefficient (Wildman–Crippen LogP) is -0.334. The summed E-state index contributed by atoms with van der Waals surface area (Å²) in [5, 5.41) is 11.1. The van der Waals surface area contributed by atoms with E-state index < -0.39 is 23.9 Å². The minimum absolute atomic E-state index is 0.207. The first kappa shape index (κ1) is 19.4. The van der Waals surface area contributed by atoms with Gasteiger partial charge in [0.2, 0.25) is 0 Å². The van der Waals surface area contributed by atoms with Crippen LogP contribution < -0.4 is 21.3 Å². The van der Waals surface area contributed by atoms with Crippen LogP contribution in [0.2, 0.25) is 0 Å². The van der Waals surface area contributed by atoms with E-state index in [0.717, 1.165) is 0 Å². The van der Waals surface area contributed by atoms with Crippen molar-refractivity contribution >= 4 is 11.8 Å². The van der Waals surface area contributed by atoms with Gasteiger partial charge in [-0.05, 0) is 31.2 Å². The normalized spacial score (nSPS) is 12.3. The molecule has 2 amide bonds. The number of hydrogen-bond acceptors (Lipinski definition) is 6. The molecule has 0 aliphatic rings. The third-order valence-electron chi connectivity index (χ3n) is 2.97. The van der Waals surface area contributed by atoms with E-state index in [1.807, 2.05) is 0 Å². The largest absolute Gasteiger partial charge is 0.481 e. The van der Waals surface area contributed by atoms with Crippen LogP contribution in [0, 0.1) is 11.8 Å². The molecule has 0 saturated heterocycles. The second kappa shape index (κ2) is 10.2. The Bertz CT molecular complexity index is 604. The number of rotatable bonds is 7. The van der Waals surface area contributed by atoms with Crippen molar-refractivity contribution in [2.45, 2.75) is 19.0 Å². The number of hydroxylamine groups is 1. The summed E-state index contributed by atoms with van der Waals surface area (Å²) in [6.45, 7) is 2.09. The first-order valence-electron chi connectivity index (χ1n) is 7.17. The summed E-state index contributed by atoms with van der Waals surface area (Å²) in [5.74, 6) is 4.80.